The van der Waals surface area contributed by atoms with E-state index >= 15 is 0 Å². The number of rotatable bonds is 10. The number of benzene rings is 2. The van der Waals surface area contributed by atoms with Crippen LogP contribution in [0, 0.1) is 5.92 Å². The lowest BCUT2D eigenvalue weighted by Crippen LogP contribution is -2.31. The van der Waals surface area contributed by atoms with E-state index in [1.165, 1.54) is 12.8 Å². The number of hydrogen-bond donors (Lipinski definition) is 2. The van der Waals surface area contributed by atoms with Gasteiger partial charge >= 0.3 is 0 Å². The zero-order valence-corrected chi connectivity index (χ0v) is 21.4. The maximum atomic E-state index is 5.60. The number of anilines is 2. The number of fused-ring (bicyclic) bond motifs is 1. The molecule has 8 heteroatoms. The summed E-state index contributed by atoms with van der Waals surface area (Å²) in [6.45, 7) is 1.70. The average Bonchev–Trinajstić information content (AvgIpc) is 2.88. The predicted octanol–water partition coefficient (Wildman–Crippen LogP) is 4.48. The second-order valence-electron chi connectivity index (χ2n) is 9.27. The first-order valence-corrected chi connectivity index (χ1v) is 12.2. The van der Waals surface area contributed by atoms with E-state index in [0.717, 1.165) is 59.9 Å². The topological polar surface area (TPSA) is 80.8 Å². The van der Waals surface area contributed by atoms with Crippen molar-refractivity contribution in [2.24, 2.45) is 5.92 Å². The van der Waals surface area contributed by atoms with E-state index in [-0.39, 0.29) is 0 Å². The van der Waals surface area contributed by atoms with Gasteiger partial charge in [0.05, 0.1) is 26.8 Å². The Morgan fingerprint density at radius 3 is 2.31 bits per heavy atom. The fraction of sp³-hybridized carbons (Fsp3) is 0.481. The van der Waals surface area contributed by atoms with Crippen LogP contribution < -0.4 is 29.7 Å². The van der Waals surface area contributed by atoms with Crippen molar-refractivity contribution in [3.8, 4) is 17.2 Å². The molecule has 0 amide bonds. The van der Waals surface area contributed by atoms with Gasteiger partial charge in [0, 0.05) is 37.6 Å². The molecule has 2 N–H and O–H groups in total. The zero-order chi connectivity index (χ0) is 24.8. The smallest absolute Gasteiger partial charge is 0.225 e. The fourth-order valence-electron chi connectivity index (χ4n) is 4.87. The lowest BCUT2D eigenvalue weighted by Gasteiger charge is -2.29. The summed E-state index contributed by atoms with van der Waals surface area (Å²) in [5.74, 6) is 4.34. The van der Waals surface area contributed by atoms with Crippen molar-refractivity contribution in [3.05, 3.63) is 42.0 Å². The first-order chi connectivity index (χ1) is 17.0. The van der Waals surface area contributed by atoms with Crippen LogP contribution in [0.25, 0.3) is 10.9 Å². The van der Waals surface area contributed by atoms with Gasteiger partial charge in [0.15, 0.2) is 11.5 Å². The number of nitrogens with one attached hydrogen (secondary N) is 2. The Morgan fingerprint density at radius 1 is 0.886 bits per heavy atom. The average molecular weight is 480 g/mol. The lowest BCUT2D eigenvalue weighted by molar-refractivity contribution is 0.315. The van der Waals surface area contributed by atoms with Crippen molar-refractivity contribution in [1.29, 1.82) is 0 Å². The molecule has 0 atom stereocenters. The summed E-state index contributed by atoms with van der Waals surface area (Å²) in [5.41, 5.74) is 2.03. The Bertz CT molecular complexity index is 1130. The Labute approximate surface area is 208 Å². The summed E-state index contributed by atoms with van der Waals surface area (Å²) in [7, 11) is 8.97. The molecule has 8 nitrogen and oxygen atoms in total. The third-order valence-electron chi connectivity index (χ3n) is 6.72. The van der Waals surface area contributed by atoms with E-state index in [1.54, 1.807) is 21.3 Å². The monoisotopic (exact) mass is 479 g/mol. The molecule has 0 unspecified atom stereocenters. The molecule has 1 aliphatic rings. The molecule has 35 heavy (non-hydrogen) atoms. The Morgan fingerprint density at radius 2 is 1.63 bits per heavy atom. The SMILES string of the molecule is COc1ccc(CNC[C@H]2CC[C@@H](Nc3nc(N(C)C)c4ccccc4n3)CC2)c(OC)c1OC. The van der Waals surface area contributed by atoms with Crippen molar-refractivity contribution < 1.29 is 14.2 Å². The zero-order valence-electron chi connectivity index (χ0n) is 21.4. The third-order valence-corrected chi connectivity index (χ3v) is 6.72. The molecule has 1 aliphatic carbocycles. The van der Waals surface area contributed by atoms with Crippen LogP contribution in [0.3, 0.4) is 0 Å². The van der Waals surface area contributed by atoms with Gasteiger partial charge in [-0.15, -0.1) is 0 Å². The molecule has 2 aromatic carbocycles. The van der Waals surface area contributed by atoms with Crippen molar-refractivity contribution in [2.75, 3.05) is 52.2 Å². The molecule has 0 radical (unpaired) electrons. The largest absolute Gasteiger partial charge is 0.493 e. The predicted molar refractivity (Wildman–Crippen MR) is 141 cm³/mol. The van der Waals surface area contributed by atoms with Gasteiger partial charge in [0.2, 0.25) is 11.7 Å². The quantitative estimate of drug-likeness (QED) is 0.441. The second-order valence-corrected chi connectivity index (χ2v) is 9.27. The van der Waals surface area contributed by atoms with Crippen LogP contribution in [0.4, 0.5) is 11.8 Å². The van der Waals surface area contributed by atoms with E-state index in [4.69, 9.17) is 24.2 Å². The maximum Gasteiger partial charge on any atom is 0.225 e. The van der Waals surface area contributed by atoms with Crippen molar-refractivity contribution in [2.45, 2.75) is 38.3 Å². The highest BCUT2D eigenvalue weighted by Gasteiger charge is 2.23. The number of aromatic nitrogens is 2. The highest BCUT2D eigenvalue weighted by atomic mass is 16.5. The minimum atomic E-state index is 0.397. The molecule has 3 aromatic rings. The summed E-state index contributed by atoms with van der Waals surface area (Å²) in [4.78, 5) is 11.6. The molecule has 188 valence electrons. The minimum absolute atomic E-state index is 0.397. The van der Waals surface area contributed by atoms with E-state index in [0.29, 0.717) is 23.5 Å². The van der Waals surface area contributed by atoms with Gasteiger partial charge in [-0.25, -0.2) is 4.98 Å². The first kappa shape index (κ1) is 24.9. The summed E-state index contributed by atoms with van der Waals surface area (Å²) in [6.07, 6.45) is 4.56. The van der Waals surface area contributed by atoms with Gasteiger partial charge < -0.3 is 29.7 Å². The molecule has 0 bridgehead atoms. The maximum absolute atomic E-state index is 5.60. The van der Waals surface area contributed by atoms with Crippen LogP contribution in [-0.2, 0) is 6.54 Å². The van der Waals surface area contributed by atoms with Crippen LogP contribution in [-0.4, -0.2) is 58.0 Å². The van der Waals surface area contributed by atoms with E-state index < -0.39 is 0 Å². The number of para-hydroxylation sites is 1. The summed E-state index contributed by atoms with van der Waals surface area (Å²) >= 11 is 0. The summed E-state index contributed by atoms with van der Waals surface area (Å²) in [5, 5.41) is 8.28. The van der Waals surface area contributed by atoms with Crippen molar-refractivity contribution in [1.82, 2.24) is 15.3 Å². The Balaban J connectivity index is 1.30. The Kier molecular flexibility index (Phi) is 8.13. The third kappa shape index (κ3) is 5.70. The fourth-order valence-corrected chi connectivity index (χ4v) is 4.87. The number of hydrogen-bond acceptors (Lipinski definition) is 8. The molecule has 1 heterocycles. The van der Waals surface area contributed by atoms with Gasteiger partial charge in [-0.2, -0.15) is 4.98 Å². The van der Waals surface area contributed by atoms with Crippen LogP contribution in [0.15, 0.2) is 36.4 Å². The van der Waals surface area contributed by atoms with Gasteiger partial charge in [-0.05, 0) is 56.3 Å². The molecule has 1 fully saturated rings. The number of ether oxygens (including phenoxy) is 3. The molecule has 0 spiro atoms. The standard InChI is InChI=1S/C27H37N5O3/c1-32(2)26-21-8-6-7-9-22(21)30-27(31-26)29-20-13-10-18(11-14-20)16-28-17-19-12-15-23(33-3)25(35-5)24(19)34-4/h6-9,12,15,18,20,28H,10-11,13-14,16-17H2,1-5H3,(H,29,30,31)/t18-,20+. The molecule has 0 saturated heterocycles. The van der Waals surface area contributed by atoms with E-state index in [1.807, 2.05) is 49.3 Å². The van der Waals surface area contributed by atoms with Crippen LogP contribution in [0.1, 0.15) is 31.2 Å². The van der Waals surface area contributed by atoms with E-state index in [2.05, 4.69) is 16.7 Å². The summed E-state index contributed by atoms with van der Waals surface area (Å²) < 4.78 is 16.5. The van der Waals surface area contributed by atoms with Gasteiger partial charge in [0.25, 0.3) is 0 Å². The molecule has 4 rings (SSSR count). The van der Waals surface area contributed by atoms with Gasteiger partial charge in [-0.3, -0.25) is 0 Å². The minimum Gasteiger partial charge on any atom is -0.493 e. The highest BCUT2D eigenvalue weighted by Crippen LogP contribution is 2.39. The number of methoxy groups -OCH3 is 3. The van der Waals surface area contributed by atoms with Crippen LogP contribution >= 0.6 is 0 Å². The molecular formula is C27H37N5O3. The molecule has 0 aliphatic heterocycles. The number of nitrogens with zero attached hydrogens (tertiary/aromatic N) is 3. The summed E-state index contributed by atoms with van der Waals surface area (Å²) in [6, 6.07) is 12.5. The molecule has 1 saturated carbocycles. The van der Waals surface area contributed by atoms with Crippen LogP contribution in [0.2, 0.25) is 0 Å². The van der Waals surface area contributed by atoms with Gasteiger partial charge in [-0.1, -0.05) is 18.2 Å². The van der Waals surface area contributed by atoms with Crippen molar-refractivity contribution in [3.63, 3.8) is 0 Å². The Hall–Kier alpha value is -3.26. The first-order valence-electron chi connectivity index (χ1n) is 12.2. The highest BCUT2D eigenvalue weighted by molar-refractivity contribution is 5.90. The second kappa shape index (κ2) is 11.4. The van der Waals surface area contributed by atoms with E-state index in [9.17, 15) is 0 Å². The van der Waals surface area contributed by atoms with Gasteiger partial charge in [0.1, 0.15) is 5.82 Å². The molecule has 1 aromatic heterocycles. The normalized spacial score (nSPS) is 17.7. The molecular weight excluding hydrogens is 442 g/mol. The van der Waals surface area contributed by atoms with Crippen molar-refractivity contribution >= 4 is 22.7 Å². The lowest BCUT2D eigenvalue weighted by atomic mass is 9.86. The van der Waals surface area contributed by atoms with Crippen LogP contribution in [0.5, 0.6) is 17.2 Å².